The van der Waals surface area contributed by atoms with Crippen LogP contribution in [0, 0.1) is 6.92 Å². The largest absolute Gasteiger partial charge is 0.475 e. The highest BCUT2D eigenvalue weighted by molar-refractivity contribution is 7.89. The Hall–Kier alpha value is -1.87. The third-order valence-corrected chi connectivity index (χ3v) is 5.47. The summed E-state index contributed by atoms with van der Waals surface area (Å²) in [6.45, 7) is 1.53. The molecule has 0 aromatic carbocycles. The molecule has 2 rings (SSSR count). The molecule has 1 aliphatic rings. The second-order valence-corrected chi connectivity index (χ2v) is 6.72. The molecule has 3 N–H and O–H groups in total. The summed E-state index contributed by atoms with van der Waals surface area (Å²) in [6.07, 6.45) is 1.69. The van der Waals surface area contributed by atoms with Crippen molar-refractivity contribution in [3.63, 3.8) is 0 Å². The Kier molecular flexibility index (Phi) is 4.06. The van der Waals surface area contributed by atoms with Gasteiger partial charge in [-0.25, -0.2) is 13.2 Å². The normalized spacial score (nSPS) is 20.3. The number of nitrogens with zero attached hydrogens (tertiary/aromatic N) is 1. The predicted molar refractivity (Wildman–Crippen MR) is 71.1 cm³/mol. The van der Waals surface area contributed by atoms with Gasteiger partial charge in [-0.1, -0.05) is 6.42 Å². The lowest BCUT2D eigenvalue weighted by molar-refractivity contribution is -0.122. The number of carboxylic acids is 1. The molecule has 1 saturated heterocycles. The van der Waals surface area contributed by atoms with E-state index in [4.69, 9.17) is 15.3 Å². The van der Waals surface area contributed by atoms with Crippen molar-refractivity contribution in [1.82, 2.24) is 4.31 Å². The SMILES string of the molecule is Cc1oc(C(=O)O)cc1S(=O)(=O)N1CCCCC1C(N)=O. The first-order valence-corrected chi connectivity index (χ1v) is 7.84. The summed E-state index contributed by atoms with van der Waals surface area (Å²) in [5, 5.41) is 8.86. The van der Waals surface area contributed by atoms with Gasteiger partial charge in [-0.3, -0.25) is 4.79 Å². The number of aromatic carboxylic acids is 1. The summed E-state index contributed by atoms with van der Waals surface area (Å²) in [5.74, 6) is -2.55. The van der Waals surface area contributed by atoms with E-state index in [2.05, 4.69) is 0 Å². The molecule has 0 aliphatic carbocycles. The Labute approximate surface area is 121 Å². The van der Waals surface area contributed by atoms with Crippen LogP contribution in [0.15, 0.2) is 15.4 Å². The predicted octanol–water partition coefficient (Wildman–Crippen LogP) is 0.315. The van der Waals surface area contributed by atoms with Gasteiger partial charge in [0.05, 0.1) is 0 Å². The van der Waals surface area contributed by atoms with Crippen LogP contribution in [0.3, 0.4) is 0 Å². The molecule has 1 aromatic rings. The second-order valence-electron chi connectivity index (χ2n) is 4.87. The van der Waals surface area contributed by atoms with E-state index in [1.54, 1.807) is 0 Å². The first kappa shape index (κ1) is 15.5. The lowest BCUT2D eigenvalue weighted by Crippen LogP contribution is -2.50. The zero-order valence-corrected chi connectivity index (χ0v) is 12.2. The van der Waals surface area contributed by atoms with E-state index in [0.717, 1.165) is 10.4 Å². The Morgan fingerprint density at radius 3 is 2.62 bits per heavy atom. The van der Waals surface area contributed by atoms with Gasteiger partial charge in [-0.15, -0.1) is 0 Å². The number of hydrogen-bond acceptors (Lipinski definition) is 5. The number of primary amides is 1. The number of carbonyl (C=O) groups excluding carboxylic acids is 1. The fourth-order valence-corrected chi connectivity index (χ4v) is 4.26. The number of piperidine rings is 1. The summed E-state index contributed by atoms with van der Waals surface area (Å²) in [6, 6.07) is 0.0472. The summed E-state index contributed by atoms with van der Waals surface area (Å²) in [4.78, 5) is 22.1. The number of aryl methyl sites for hydroxylation is 1. The highest BCUT2D eigenvalue weighted by Gasteiger charge is 2.38. The third kappa shape index (κ3) is 2.79. The number of carboxylic acid groups (broad SMARTS) is 1. The molecule has 1 unspecified atom stereocenters. The van der Waals surface area contributed by atoms with E-state index in [1.165, 1.54) is 6.92 Å². The number of nitrogens with two attached hydrogens (primary N) is 1. The molecule has 9 heteroatoms. The first-order chi connectivity index (χ1) is 9.75. The van der Waals surface area contributed by atoms with Crippen LogP contribution in [-0.4, -0.2) is 42.3 Å². The van der Waals surface area contributed by atoms with Crippen LogP contribution in [0.25, 0.3) is 0 Å². The lowest BCUT2D eigenvalue weighted by Gasteiger charge is -2.32. The number of hydrogen-bond donors (Lipinski definition) is 2. The number of carbonyl (C=O) groups is 2. The van der Waals surface area contributed by atoms with Crippen molar-refractivity contribution < 1.29 is 27.5 Å². The molecular weight excluding hydrogens is 300 g/mol. The molecule has 1 aliphatic heterocycles. The molecule has 1 fully saturated rings. The van der Waals surface area contributed by atoms with Crippen LogP contribution in [0.2, 0.25) is 0 Å². The number of sulfonamides is 1. The van der Waals surface area contributed by atoms with Crippen molar-refractivity contribution >= 4 is 21.9 Å². The van der Waals surface area contributed by atoms with Gasteiger partial charge < -0.3 is 15.3 Å². The molecule has 8 nitrogen and oxygen atoms in total. The quantitative estimate of drug-likeness (QED) is 0.822. The van der Waals surface area contributed by atoms with Crippen molar-refractivity contribution in [2.45, 2.75) is 37.1 Å². The molecule has 21 heavy (non-hydrogen) atoms. The van der Waals surface area contributed by atoms with E-state index >= 15 is 0 Å². The third-order valence-electron chi connectivity index (χ3n) is 3.45. The van der Waals surface area contributed by atoms with Crippen LogP contribution in [-0.2, 0) is 14.8 Å². The Balaban J connectivity index is 2.45. The molecule has 116 valence electrons. The van der Waals surface area contributed by atoms with Gasteiger partial charge in [-0.2, -0.15) is 4.31 Å². The maximum Gasteiger partial charge on any atom is 0.371 e. The monoisotopic (exact) mass is 316 g/mol. The van der Waals surface area contributed by atoms with Crippen molar-refractivity contribution in [3.05, 3.63) is 17.6 Å². The number of rotatable bonds is 4. The summed E-state index contributed by atoms with van der Waals surface area (Å²) >= 11 is 0. The minimum absolute atomic E-state index is 0.0267. The van der Waals surface area contributed by atoms with E-state index in [9.17, 15) is 18.0 Å². The zero-order chi connectivity index (χ0) is 15.8. The van der Waals surface area contributed by atoms with E-state index in [0.29, 0.717) is 19.3 Å². The molecule has 0 spiro atoms. The number of amides is 1. The molecule has 1 aromatic heterocycles. The van der Waals surface area contributed by atoms with Crippen LogP contribution in [0.5, 0.6) is 0 Å². The minimum atomic E-state index is -4.02. The van der Waals surface area contributed by atoms with Crippen LogP contribution in [0.1, 0.15) is 35.6 Å². The standard InChI is InChI=1S/C12H16N2O6S/c1-7-10(6-9(20-7)12(16)17)21(18,19)14-5-3-2-4-8(14)11(13)15/h6,8H,2-5H2,1H3,(H2,13,15)(H,16,17). The molecule has 1 amide bonds. The summed E-state index contributed by atoms with van der Waals surface area (Å²) in [5.41, 5.74) is 5.26. The van der Waals surface area contributed by atoms with Crippen molar-refractivity contribution in [1.29, 1.82) is 0 Å². The molecule has 0 radical (unpaired) electrons. The van der Waals surface area contributed by atoms with E-state index in [1.807, 2.05) is 0 Å². The van der Waals surface area contributed by atoms with E-state index in [-0.39, 0.29) is 17.2 Å². The minimum Gasteiger partial charge on any atom is -0.475 e. The fourth-order valence-electron chi connectivity index (χ4n) is 2.43. The van der Waals surface area contributed by atoms with E-state index < -0.39 is 33.7 Å². The molecule has 0 bridgehead atoms. The zero-order valence-electron chi connectivity index (χ0n) is 11.4. The highest BCUT2D eigenvalue weighted by Crippen LogP contribution is 2.29. The first-order valence-electron chi connectivity index (χ1n) is 6.40. The molecular formula is C12H16N2O6S. The average Bonchev–Trinajstić information content (AvgIpc) is 2.81. The Bertz CT molecular complexity index is 678. The van der Waals surface area contributed by atoms with Gasteiger partial charge in [-0.05, 0) is 19.8 Å². The van der Waals surface area contributed by atoms with Gasteiger partial charge in [0.25, 0.3) is 0 Å². The summed E-state index contributed by atoms with van der Waals surface area (Å²) < 4.78 is 31.2. The highest BCUT2D eigenvalue weighted by atomic mass is 32.2. The molecule has 2 heterocycles. The molecule has 0 saturated carbocycles. The maximum absolute atomic E-state index is 12.6. The Morgan fingerprint density at radius 2 is 2.10 bits per heavy atom. The second kappa shape index (κ2) is 5.49. The van der Waals surface area contributed by atoms with Crippen LogP contribution < -0.4 is 5.73 Å². The van der Waals surface area contributed by atoms with Gasteiger partial charge in [0, 0.05) is 12.6 Å². The summed E-state index contributed by atoms with van der Waals surface area (Å²) in [7, 11) is -4.02. The van der Waals surface area contributed by atoms with Gasteiger partial charge >= 0.3 is 5.97 Å². The lowest BCUT2D eigenvalue weighted by atomic mass is 10.0. The fraction of sp³-hybridized carbons (Fsp3) is 0.500. The van der Waals surface area contributed by atoms with Crippen LogP contribution in [0.4, 0.5) is 0 Å². The maximum atomic E-state index is 12.6. The van der Waals surface area contributed by atoms with Gasteiger partial charge in [0.2, 0.25) is 21.7 Å². The molecule has 1 atom stereocenters. The van der Waals surface area contributed by atoms with Crippen LogP contribution >= 0.6 is 0 Å². The Morgan fingerprint density at radius 1 is 1.43 bits per heavy atom. The number of furan rings is 1. The topological polar surface area (TPSA) is 131 Å². The van der Waals surface area contributed by atoms with Crippen molar-refractivity contribution in [3.8, 4) is 0 Å². The smallest absolute Gasteiger partial charge is 0.371 e. The van der Waals surface area contributed by atoms with Crippen molar-refractivity contribution in [2.24, 2.45) is 5.73 Å². The van der Waals surface area contributed by atoms with Gasteiger partial charge in [0.15, 0.2) is 0 Å². The average molecular weight is 316 g/mol. The van der Waals surface area contributed by atoms with Gasteiger partial charge in [0.1, 0.15) is 16.7 Å². The van der Waals surface area contributed by atoms with Crippen molar-refractivity contribution in [2.75, 3.05) is 6.54 Å².